The minimum absolute atomic E-state index is 0.0457. The van der Waals surface area contributed by atoms with Crippen LogP contribution in [0.15, 0.2) is 18.2 Å². The Balaban J connectivity index is 2.14. The minimum atomic E-state index is -0.527. The summed E-state index contributed by atoms with van der Waals surface area (Å²) >= 11 is 0. The molecule has 2 atom stereocenters. The van der Waals surface area contributed by atoms with E-state index in [9.17, 15) is 9.90 Å². The molecular weight excluding hydrogens is 244 g/mol. The minimum Gasteiger partial charge on any atom is -0.508 e. The molecule has 2 unspecified atom stereocenters. The number of rotatable bonds is 1. The standard InChI is InChI=1S/C14H20N2O3/c1-8-12(16-13(18)19-14(2,3)4)10-7-9(17)5-6-11(10)15-8/h5-8,12,15,17H,1-4H3,(H,16,18). The van der Waals surface area contributed by atoms with E-state index in [1.54, 1.807) is 18.2 Å². The third-order valence-electron chi connectivity index (χ3n) is 2.93. The Bertz CT molecular complexity index is 494. The van der Waals surface area contributed by atoms with Gasteiger partial charge in [0, 0.05) is 17.3 Å². The number of phenols is 1. The number of aromatic hydroxyl groups is 1. The van der Waals surface area contributed by atoms with Gasteiger partial charge in [-0.15, -0.1) is 0 Å². The van der Waals surface area contributed by atoms with Crippen molar-refractivity contribution in [3.63, 3.8) is 0 Å². The van der Waals surface area contributed by atoms with Gasteiger partial charge < -0.3 is 20.5 Å². The van der Waals surface area contributed by atoms with Crippen molar-refractivity contribution in [1.29, 1.82) is 0 Å². The second-order valence-corrected chi connectivity index (χ2v) is 5.83. The fourth-order valence-electron chi connectivity index (χ4n) is 2.17. The van der Waals surface area contributed by atoms with Crippen LogP contribution < -0.4 is 10.6 Å². The zero-order chi connectivity index (χ0) is 14.2. The van der Waals surface area contributed by atoms with Crippen molar-refractivity contribution in [2.45, 2.75) is 45.4 Å². The fraction of sp³-hybridized carbons (Fsp3) is 0.500. The summed E-state index contributed by atoms with van der Waals surface area (Å²) in [5.41, 5.74) is 1.27. The topological polar surface area (TPSA) is 70.6 Å². The van der Waals surface area contributed by atoms with Gasteiger partial charge in [0.2, 0.25) is 0 Å². The zero-order valence-electron chi connectivity index (χ0n) is 11.7. The van der Waals surface area contributed by atoms with Gasteiger partial charge in [0.15, 0.2) is 0 Å². The number of phenolic OH excluding ortho intramolecular Hbond substituents is 1. The molecule has 2 rings (SSSR count). The molecule has 1 aromatic rings. The molecule has 104 valence electrons. The molecule has 1 heterocycles. The van der Waals surface area contributed by atoms with Gasteiger partial charge in [-0.05, 0) is 45.9 Å². The molecule has 1 aromatic carbocycles. The van der Waals surface area contributed by atoms with Crippen LogP contribution in [-0.4, -0.2) is 22.8 Å². The number of fused-ring (bicyclic) bond motifs is 1. The van der Waals surface area contributed by atoms with Gasteiger partial charge in [-0.25, -0.2) is 4.79 Å². The van der Waals surface area contributed by atoms with Gasteiger partial charge in [0.05, 0.1) is 6.04 Å². The highest BCUT2D eigenvalue weighted by Gasteiger charge is 2.31. The molecule has 19 heavy (non-hydrogen) atoms. The van der Waals surface area contributed by atoms with Crippen LogP contribution in [0.1, 0.15) is 39.3 Å². The smallest absolute Gasteiger partial charge is 0.408 e. The lowest BCUT2D eigenvalue weighted by molar-refractivity contribution is 0.0501. The average molecular weight is 264 g/mol. The third-order valence-corrected chi connectivity index (χ3v) is 2.93. The number of carbonyl (C=O) groups is 1. The quantitative estimate of drug-likeness (QED) is 0.682. The van der Waals surface area contributed by atoms with E-state index < -0.39 is 11.7 Å². The van der Waals surface area contributed by atoms with Crippen LogP contribution in [0.3, 0.4) is 0 Å². The molecule has 0 spiro atoms. The lowest BCUT2D eigenvalue weighted by atomic mass is 10.0. The van der Waals surface area contributed by atoms with E-state index in [2.05, 4.69) is 10.6 Å². The number of anilines is 1. The zero-order valence-corrected chi connectivity index (χ0v) is 11.7. The number of alkyl carbamates (subject to hydrolysis) is 1. The first-order chi connectivity index (χ1) is 8.76. The van der Waals surface area contributed by atoms with Crippen molar-refractivity contribution in [3.8, 4) is 5.75 Å². The Kier molecular flexibility index (Phi) is 3.30. The number of hydrogen-bond acceptors (Lipinski definition) is 4. The van der Waals surface area contributed by atoms with Crippen LogP contribution in [0, 0.1) is 0 Å². The van der Waals surface area contributed by atoms with Crippen LogP contribution in [-0.2, 0) is 4.74 Å². The van der Waals surface area contributed by atoms with Crippen LogP contribution in [0.25, 0.3) is 0 Å². The summed E-state index contributed by atoms with van der Waals surface area (Å²) < 4.78 is 5.25. The molecule has 3 N–H and O–H groups in total. The van der Waals surface area contributed by atoms with Gasteiger partial charge in [-0.2, -0.15) is 0 Å². The first kappa shape index (κ1) is 13.5. The summed E-state index contributed by atoms with van der Waals surface area (Å²) in [6, 6.07) is 4.92. The third kappa shape index (κ3) is 3.10. The first-order valence-electron chi connectivity index (χ1n) is 6.35. The van der Waals surface area contributed by atoms with Crippen molar-refractivity contribution in [1.82, 2.24) is 5.32 Å². The molecule has 1 aliphatic rings. The molecule has 1 aliphatic heterocycles. The summed E-state index contributed by atoms with van der Waals surface area (Å²) in [6.45, 7) is 7.44. The van der Waals surface area contributed by atoms with Crippen LogP contribution in [0.5, 0.6) is 5.75 Å². The maximum Gasteiger partial charge on any atom is 0.408 e. The van der Waals surface area contributed by atoms with E-state index in [1.165, 1.54) is 0 Å². The average Bonchev–Trinajstić information content (AvgIpc) is 2.53. The molecular formula is C14H20N2O3. The normalized spacial score (nSPS) is 21.5. The molecule has 0 aliphatic carbocycles. The summed E-state index contributed by atoms with van der Waals surface area (Å²) in [4.78, 5) is 11.8. The van der Waals surface area contributed by atoms with Gasteiger partial charge in [0.1, 0.15) is 11.4 Å². The van der Waals surface area contributed by atoms with Crippen molar-refractivity contribution >= 4 is 11.8 Å². The number of benzene rings is 1. The lowest BCUT2D eigenvalue weighted by Crippen LogP contribution is -2.38. The SMILES string of the molecule is CC1Nc2ccc(O)cc2C1NC(=O)OC(C)(C)C. The number of hydrogen-bond donors (Lipinski definition) is 3. The molecule has 0 aromatic heterocycles. The monoisotopic (exact) mass is 264 g/mol. The summed E-state index contributed by atoms with van der Waals surface area (Å²) in [6.07, 6.45) is -0.456. The molecule has 1 amide bonds. The maximum atomic E-state index is 11.8. The van der Waals surface area contributed by atoms with Gasteiger partial charge in [-0.1, -0.05) is 0 Å². The van der Waals surface area contributed by atoms with Gasteiger partial charge >= 0.3 is 6.09 Å². The molecule has 0 saturated carbocycles. The van der Waals surface area contributed by atoms with E-state index in [0.717, 1.165) is 11.3 Å². The van der Waals surface area contributed by atoms with Crippen molar-refractivity contribution < 1.29 is 14.6 Å². The van der Waals surface area contributed by atoms with E-state index >= 15 is 0 Å². The highest BCUT2D eigenvalue weighted by molar-refractivity contribution is 5.71. The lowest BCUT2D eigenvalue weighted by Gasteiger charge is -2.23. The molecule has 0 saturated heterocycles. The Morgan fingerprint density at radius 3 is 2.74 bits per heavy atom. The van der Waals surface area contributed by atoms with Gasteiger partial charge in [-0.3, -0.25) is 0 Å². The van der Waals surface area contributed by atoms with E-state index in [0.29, 0.717) is 0 Å². The molecule has 5 heteroatoms. The van der Waals surface area contributed by atoms with Crippen LogP contribution in [0.4, 0.5) is 10.5 Å². The Morgan fingerprint density at radius 1 is 1.42 bits per heavy atom. The fourth-order valence-corrected chi connectivity index (χ4v) is 2.17. The maximum absolute atomic E-state index is 11.8. The number of nitrogens with one attached hydrogen (secondary N) is 2. The Morgan fingerprint density at radius 2 is 2.11 bits per heavy atom. The van der Waals surface area contributed by atoms with Gasteiger partial charge in [0.25, 0.3) is 0 Å². The number of amides is 1. The number of ether oxygens (including phenoxy) is 1. The largest absolute Gasteiger partial charge is 0.508 e. The van der Waals surface area contributed by atoms with Crippen LogP contribution >= 0.6 is 0 Å². The van der Waals surface area contributed by atoms with Crippen molar-refractivity contribution in [3.05, 3.63) is 23.8 Å². The molecule has 0 fully saturated rings. The Hall–Kier alpha value is -1.91. The van der Waals surface area contributed by atoms with E-state index in [1.807, 2.05) is 27.7 Å². The highest BCUT2D eigenvalue weighted by atomic mass is 16.6. The molecule has 0 radical (unpaired) electrons. The molecule has 5 nitrogen and oxygen atoms in total. The summed E-state index contributed by atoms with van der Waals surface area (Å²) in [7, 11) is 0. The number of carbonyl (C=O) groups excluding carboxylic acids is 1. The first-order valence-corrected chi connectivity index (χ1v) is 6.35. The highest BCUT2D eigenvalue weighted by Crippen LogP contribution is 2.36. The summed E-state index contributed by atoms with van der Waals surface area (Å²) in [5.74, 6) is 0.186. The van der Waals surface area contributed by atoms with Crippen molar-refractivity contribution in [2.24, 2.45) is 0 Å². The van der Waals surface area contributed by atoms with E-state index in [-0.39, 0.29) is 17.8 Å². The second kappa shape index (κ2) is 4.64. The van der Waals surface area contributed by atoms with E-state index in [4.69, 9.17) is 4.74 Å². The predicted molar refractivity (Wildman–Crippen MR) is 73.3 cm³/mol. The summed E-state index contributed by atoms with van der Waals surface area (Å²) in [5, 5.41) is 15.6. The van der Waals surface area contributed by atoms with Crippen molar-refractivity contribution in [2.75, 3.05) is 5.32 Å². The second-order valence-electron chi connectivity index (χ2n) is 5.83. The Labute approximate surface area is 113 Å². The molecule has 0 bridgehead atoms. The predicted octanol–water partition coefficient (Wildman–Crippen LogP) is 2.77. The van der Waals surface area contributed by atoms with Crippen LogP contribution in [0.2, 0.25) is 0 Å².